The molecule has 23 heavy (non-hydrogen) atoms. The van der Waals surface area contributed by atoms with Crippen molar-refractivity contribution in [3.05, 3.63) is 0 Å². The molecule has 0 aromatic rings. The average Bonchev–Trinajstić information content (AvgIpc) is 2.77. The van der Waals surface area contributed by atoms with Gasteiger partial charge in [-0.15, -0.1) is 0 Å². The smallest absolute Gasteiger partial charge is 0.325 e. The van der Waals surface area contributed by atoms with Crippen molar-refractivity contribution in [2.45, 2.75) is 70.4 Å². The van der Waals surface area contributed by atoms with Gasteiger partial charge in [0.15, 0.2) is 0 Å². The van der Waals surface area contributed by atoms with Crippen LogP contribution >= 0.6 is 0 Å². The molecule has 1 unspecified atom stereocenters. The largest absolute Gasteiger partial charge is 0.326 e. The molecule has 2 rings (SSSR count). The van der Waals surface area contributed by atoms with E-state index in [1.807, 2.05) is 6.92 Å². The van der Waals surface area contributed by atoms with Crippen molar-refractivity contribution in [2.75, 3.05) is 26.2 Å². The summed E-state index contributed by atoms with van der Waals surface area (Å²) in [5.74, 6) is -0.0722. The fraction of sp³-hybridized carbons (Fsp3) is 0.882. The third-order valence-corrected chi connectivity index (χ3v) is 5.22. The standard InChI is InChI=1S/C17H32N4O2/c1-3-5-6-7-10-20-11-8-17(9-12-20)15(22)21(16(23)19-17)13-14(18)4-2/h14H,3-13,18H2,1-2H3,(H,19,23). The highest BCUT2D eigenvalue weighted by Gasteiger charge is 2.52. The number of likely N-dealkylation sites (tertiary alicyclic amines) is 1. The summed E-state index contributed by atoms with van der Waals surface area (Å²) < 4.78 is 0. The van der Waals surface area contributed by atoms with Gasteiger partial charge in [0.25, 0.3) is 5.91 Å². The van der Waals surface area contributed by atoms with Crippen LogP contribution in [0.2, 0.25) is 0 Å². The zero-order chi connectivity index (χ0) is 16.9. The highest BCUT2D eigenvalue weighted by molar-refractivity contribution is 6.07. The first kappa shape index (κ1) is 18.2. The zero-order valence-electron chi connectivity index (χ0n) is 14.6. The molecule has 0 aromatic carbocycles. The normalized spacial score (nSPS) is 22.7. The van der Waals surface area contributed by atoms with E-state index in [0.717, 1.165) is 26.1 Å². The number of nitrogens with zero attached hydrogens (tertiary/aromatic N) is 2. The van der Waals surface area contributed by atoms with Gasteiger partial charge in [0, 0.05) is 25.7 Å². The van der Waals surface area contributed by atoms with Crippen LogP contribution in [0.25, 0.3) is 0 Å². The van der Waals surface area contributed by atoms with Crippen LogP contribution in [0.1, 0.15) is 58.8 Å². The van der Waals surface area contributed by atoms with Crippen LogP contribution < -0.4 is 11.1 Å². The summed E-state index contributed by atoms with van der Waals surface area (Å²) in [4.78, 5) is 28.6. The summed E-state index contributed by atoms with van der Waals surface area (Å²) in [5, 5.41) is 2.95. The number of hydrogen-bond donors (Lipinski definition) is 2. The van der Waals surface area contributed by atoms with Crippen molar-refractivity contribution >= 4 is 11.9 Å². The lowest BCUT2D eigenvalue weighted by Gasteiger charge is -2.37. The zero-order valence-corrected chi connectivity index (χ0v) is 14.6. The molecule has 1 atom stereocenters. The molecule has 3 N–H and O–H groups in total. The number of amides is 3. The van der Waals surface area contributed by atoms with Gasteiger partial charge in [-0.1, -0.05) is 33.1 Å². The second-order valence-electron chi connectivity index (χ2n) is 7.00. The highest BCUT2D eigenvalue weighted by Crippen LogP contribution is 2.29. The van der Waals surface area contributed by atoms with Crippen molar-refractivity contribution in [3.8, 4) is 0 Å². The van der Waals surface area contributed by atoms with Gasteiger partial charge in [0.05, 0.1) is 0 Å². The van der Waals surface area contributed by atoms with Crippen molar-refractivity contribution in [2.24, 2.45) is 5.73 Å². The fourth-order valence-electron chi connectivity index (χ4n) is 3.47. The quantitative estimate of drug-likeness (QED) is 0.526. The van der Waals surface area contributed by atoms with Crippen LogP contribution in [0, 0.1) is 0 Å². The van der Waals surface area contributed by atoms with Crippen LogP contribution in [0.4, 0.5) is 4.79 Å². The van der Waals surface area contributed by atoms with Crippen LogP contribution in [0.5, 0.6) is 0 Å². The Bertz CT molecular complexity index is 419. The molecule has 0 aliphatic carbocycles. The topological polar surface area (TPSA) is 78.7 Å². The Morgan fingerprint density at radius 1 is 1.17 bits per heavy atom. The Kier molecular flexibility index (Phi) is 6.41. The number of unbranched alkanes of at least 4 members (excludes halogenated alkanes) is 3. The van der Waals surface area contributed by atoms with E-state index in [4.69, 9.17) is 5.73 Å². The molecule has 2 heterocycles. The van der Waals surface area contributed by atoms with E-state index < -0.39 is 5.54 Å². The lowest BCUT2D eigenvalue weighted by Crippen LogP contribution is -2.55. The molecule has 0 radical (unpaired) electrons. The third-order valence-electron chi connectivity index (χ3n) is 5.22. The second kappa shape index (κ2) is 8.11. The Morgan fingerprint density at radius 2 is 1.87 bits per heavy atom. The van der Waals surface area contributed by atoms with Crippen LogP contribution in [0.15, 0.2) is 0 Å². The van der Waals surface area contributed by atoms with Gasteiger partial charge in [-0.3, -0.25) is 9.69 Å². The van der Waals surface area contributed by atoms with Gasteiger partial charge in [-0.2, -0.15) is 0 Å². The van der Waals surface area contributed by atoms with E-state index in [-0.39, 0.29) is 18.0 Å². The molecule has 6 nitrogen and oxygen atoms in total. The molecule has 3 amide bonds. The lowest BCUT2D eigenvalue weighted by atomic mass is 9.87. The van der Waals surface area contributed by atoms with Crippen molar-refractivity contribution in [3.63, 3.8) is 0 Å². The first-order valence-corrected chi connectivity index (χ1v) is 9.14. The lowest BCUT2D eigenvalue weighted by molar-refractivity contribution is -0.133. The maximum absolute atomic E-state index is 12.7. The summed E-state index contributed by atoms with van der Waals surface area (Å²) in [6.45, 7) is 7.37. The molecule has 2 aliphatic rings. The highest BCUT2D eigenvalue weighted by atomic mass is 16.2. The molecular formula is C17H32N4O2. The summed E-state index contributed by atoms with van der Waals surface area (Å²) >= 11 is 0. The van der Waals surface area contributed by atoms with E-state index in [0.29, 0.717) is 19.4 Å². The molecule has 0 bridgehead atoms. The molecule has 132 valence electrons. The minimum absolute atomic E-state index is 0.0722. The molecule has 1 spiro atoms. The summed E-state index contributed by atoms with van der Waals surface area (Å²) in [6.07, 6.45) is 7.22. The number of carbonyl (C=O) groups is 2. The number of imide groups is 1. The SMILES string of the molecule is CCCCCCN1CCC2(CC1)NC(=O)N(CC(N)CC)C2=O. The maximum atomic E-state index is 12.7. The first-order valence-electron chi connectivity index (χ1n) is 9.14. The summed E-state index contributed by atoms with van der Waals surface area (Å²) in [6, 6.07) is -0.409. The predicted octanol–water partition coefficient (Wildman–Crippen LogP) is 1.69. The summed E-state index contributed by atoms with van der Waals surface area (Å²) in [7, 11) is 0. The third kappa shape index (κ3) is 4.23. The molecule has 2 fully saturated rings. The maximum Gasteiger partial charge on any atom is 0.325 e. The number of nitrogens with two attached hydrogens (primary N) is 1. The molecule has 0 saturated carbocycles. The van der Waals surface area contributed by atoms with Gasteiger partial charge in [-0.25, -0.2) is 4.79 Å². The number of rotatable bonds is 8. The second-order valence-corrected chi connectivity index (χ2v) is 7.00. The van der Waals surface area contributed by atoms with Crippen molar-refractivity contribution in [1.82, 2.24) is 15.1 Å². The van der Waals surface area contributed by atoms with Gasteiger partial charge in [-0.05, 0) is 32.2 Å². The van der Waals surface area contributed by atoms with Crippen LogP contribution in [0.3, 0.4) is 0 Å². The van der Waals surface area contributed by atoms with E-state index in [1.165, 1.54) is 30.6 Å². The minimum Gasteiger partial charge on any atom is -0.326 e. The van der Waals surface area contributed by atoms with E-state index in [2.05, 4.69) is 17.1 Å². The van der Waals surface area contributed by atoms with E-state index in [1.54, 1.807) is 0 Å². The van der Waals surface area contributed by atoms with Crippen LogP contribution in [-0.4, -0.2) is 59.5 Å². The van der Waals surface area contributed by atoms with Crippen molar-refractivity contribution in [1.29, 1.82) is 0 Å². The molecule has 2 saturated heterocycles. The Hall–Kier alpha value is -1.14. The minimum atomic E-state index is -0.676. The van der Waals surface area contributed by atoms with Crippen molar-refractivity contribution < 1.29 is 9.59 Å². The average molecular weight is 324 g/mol. The molecule has 2 aliphatic heterocycles. The molecule has 6 heteroatoms. The first-order chi connectivity index (χ1) is 11.0. The Balaban J connectivity index is 1.85. The Morgan fingerprint density at radius 3 is 2.48 bits per heavy atom. The van der Waals surface area contributed by atoms with E-state index >= 15 is 0 Å². The van der Waals surface area contributed by atoms with Crippen LogP contribution in [-0.2, 0) is 4.79 Å². The van der Waals surface area contributed by atoms with Gasteiger partial charge in [0.2, 0.25) is 0 Å². The predicted molar refractivity (Wildman–Crippen MR) is 91.1 cm³/mol. The number of urea groups is 1. The Labute approximate surface area is 139 Å². The number of carbonyl (C=O) groups excluding carboxylic acids is 2. The fourth-order valence-corrected chi connectivity index (χ4v) is 3.47. The number of piperidine rings is 1. The van der Waals surface area contributed by atoms with Gasteiger partial charge < -0.3 is 16.0 Å². The van der Waals surface area contributed by atoms with E-state index in [9.17, 15) is 9.59 Å². The molecule has 0 aromatic heterocycles. The summed E-state index contributed by atoms with van der Waals surface area (Å²) in [5.41, 5.74) is 5.24. The number of hydrogen-bond acceptors (Lipinski definition) is 4. The van der Waals surface area contributed by atoms with Gasteiger partial charge in [0.1, 0.15) is 5.54 Å². The monoisotopic (exact) mass is 324 g/mol. The number of nitrogens with one attached hydrogen (secondary N) is 1. The van der Waals surface area contributed by atoms with Gasteiger partial charge >= 0.3 is 6.03 Å². The molecular weight excluding hydrogens is 292 g/mol.